The molecule has 40 heavy (non-hydrogen) atoms. The number of nitrogens with zero attached hydrogens (tertiary/aromatic N) is 1. The molecule has 1 N–H and O–H groups in total. The molecule has 208 valence electrons. The van der Waals surface area contributed by atoms with Crippen molar-refractivity contribution in [2.45, 2.75) is 24.9 Å². The first-order chi connectivity index (χ1) is 19.3. The third-order valence-electron chi connectivity index (χ3n) is 6.21. The molecule has 0 saturated carbocycles. The van der Waals surface area contributed by atoms with Crippen LogP contribution in [0.1, 0.15) is 16.7 Å². The molecule has 0 saturated heterocycles. The topological polar surface area (TPSA) is 94.2 Å². The molecule has 1 amide bonds. The minimum absolute atomic E-state index is 0.163. The number of benzene rings is 4. The number of ether oxygens (including phenoxy) is 3. The average Bonchev–Trinajstić information content (AvgIpc) is 2.98. The zero-order valence-corrected chi connectivity index (χ0v) is 23.5. The number of methoxy groups -OCH3 is 2. The van der Waals surface area contributed by atoms with E-state index in [2.05, 4.69) is 5.32 Å². The lowest BCUT2D eigenvalue weighted by molar-refractivity contribution is -0.123. The largest absolute Gasteiger partial charge is 0.493 e. The van der Waals surface area contributed by atoms with Crippen molar-refractivity contribution in [2.75, 3.05) is 25.1 Å². The number of carbonyl (C=O) groups excluding carboxylic acids is 1. The molecule has 0 bridgehead atoms. The van der Waals surface area contributed by atoms with Gasteiger partial charge < -0.3 is 19.5 Å². The van der Waals surface area contributed by atoms with E-state index < -0.39 is 10.0 Å². The standard InChI is InChI=1S/C31H32N2O6S/c1-23-9-16-28(17-10-23)40(35,36)33(21-24-7-5-4-6-8-24)26-12-14-27(15-13-26)39-22-31(34)32-20-25-11-18-29(37-2)30(19-25)38-3/h4-19H,20-22H2,1-3H3,(H,32,34). The molecule has 0 spiro atoms. The molecule has 4 aromatic rings. The summed E-state index contributed by atoms with van der Waals surface area (Å²) in [7, 11) is -0.723. The van der Waals surface area contributed by atoms with E-state index >= 15 is 0 Å². The third kappa shape index (κ3) is 7.12. The first kappa shape index (κ1) is 28.5. The Hall–Kier alpha value is -4.50. The number of aryl methyl sites for hydroxylation is 1. The van der Waals surface area contributed by atoms with Gasteiger partial charge in [0.1, 0.15) is 5.75 Å². The lowest BCUT2D eigenvalue weighted by atomic mass is 10.2. The van der Waals surface area contributed by atoms with E-state index in [4.69, 9.17) is 14.2 Å². The van der Waals surface area contributed by atoms with Crippen molar-refractivity contribution in [1.29, 1.82) is 0 Å². The number of rotatable bonds is 12. The fraction of sp³-hybridized carbons (Fsp3) is 0.194. The van der Waals surface area contributed by atoms with Crippen LogP contribution in [0.3, 0.4) is 0 Å². The number of carbonyl (C=O) groups is 1. The van der Waals surface area contributed by atoms with Crippen LogP contribution in [-0.4, -0.2) is 35.2 Å². The summed E-state index contributed by atoms with van der Waals surface area (Å²) in [6.07, 6.45) is 0. The predicted octanol–water partition coefficient (Wildman–Crippen LogP) is 5.10. The molecule has 0 unspecified atom stereocenters. The summed E-state index contributed by atoms with van der Waals surface area (Å²) in [5.74, 6) is 1.33. The van der Waals surface area contributed by atoms with Crippen LogP contribution in [0.4, 0.5) is 5.69 Å². The molecule has 0 aliphatic carbocycles. The fourth-order valence-electron chi connectivity index (χ4n) is 4.00. The lowest BCUT2D eigenvalue weighted by Gasteiger charge is -2.25. The van der Waals surface area contributed by atoms with Gasteiger partial charge in [-0.05, 0) is 66.6 Å². The van der Waals surface area contributed by atoms with Gasteiger partial charge in [-0.25, -0.2) is 8.42 Å². The van der Waals surface area contributed by atoms with Crippen LogP contribution >= 0.6 is 0 Å². The van der Waals surface area contributed by atoms with Crippen LogP contribution in [0.25, 0.3) is 0 Å². The summed E-state index contributed by atoms with van der Waals surface area (Å²) in [6, 6.07) is 28.2. The van der Waals surface area contributed by atoms with Crippen LogP contribution < -0.4 is 23.8 Å². The highest BCUT2D eigenvalue weighted by Crippen LogP contribution is 2.29. The molecule has 0 aromatic heterocycles. The second kappa shape index (κ2) is 13.0. The molecule has 0 fully saturated rings. The number of sulfonamides is 1. The quantitative estimate of drug-likeness (QED) is 0.259. The van der Waals surface area contributed by atoms with Gasteiger partial charge in [0, 0.05) is 6.54 Å². The maximum absolute atomic E-state index is 13.6. The molecule has 0 radical (unpaired) electrons. The van der Waals surface area contributed by atoms with Gasteiger partial charge in [-0.2, -0.15) is 0 Å². The molecule has 4 aromatic carbocycles. The van der Waals surface area contributed by atoms with E-state index in [1.54, 1.807) is 74.9 Å². The van der Waals surface area contributed by atoms with Crippen LogP contribution in [0.5, 0.6) is 17.2 Å². The Balaban J connectivity index is 1.43. The highest BCUT2D eigenvalue weighted by molar-refractivity contribution is 7.92. The second-order valence-electron chi connectivity index (χ2n) is 9.06. The molecular weight excluding hydrogens is 528 g/mol. The number of nitrogens with one attached hydrogen (secondary N) is 1. The van der Waals surface area contributed by atoms with Crippen LogP contribution in [0.2, 0.25) is 0 Å². The maximum atomic E-state index is 13.6. The smallest absolute Gasteiger partial charge is 0.264 e. The van der Waals surface area contributed by atoms with Crippen molar-refractivity contribution in [3.05, 3.63) is 114 Å². The lowest BCUT2D eigenvalue weighted by Crippen LogP contribution is -2.30. The zero-order valence-electron chi connectivity index (χ0n) is 22.7. The highest BCUT2D eigenvalue weighted by atomic mass is 32.2. The summed E-state index contributed by atoms with van der Waals surface area (Å²) in [5, 5.41) is 2.81. The van der Waals surface area contributed by atoms with E-state index in [1.807, 2.05) is 43.3 Å². The van der Waals surface area contributed by atoms with Crippen molar-refractivity contribution in [1.82, 2.24) is 5.32 Å². The Morgan fingerprint density at radius 2 is 1.48 bits per heavy atom. The Morgan fingerprint density at radius 1 is 0.800 bits per heavy atom. The molecule has 0 atom stereocenters. The van der Waals surface area contributed by atoms with Gasteiger partial charge in [0.25, 0.3) is 15.9 Å². The fourth-order valence-corrected chi connectivity index (χ4v) is 5.45. The van der Waals surface area contributed by atoms with Crippen molar-refractivity contribution in [3.63, 3.8) is 0 Å². The van der Waals surface area contributed by atoms with Crippen molar-refractivity contribution in [3.8, 4) is 17.2 Å². The molecular formula is C31H32N2O6S. The highest BCUT2D eigenvalue weighted by Gasteiger charge is 2.25. The van der Waals surface area contributed by atoms with Gasteiger partial charge >= 0.3 is 0 Å². The van der Waals surface area contributed by atoms with E-state index in [0.29, 0.717) is 29.5 Å². The SMILES string of the molecule is COc1ccc(CNC(=O)COc2ccc(N(Cc3ccccc3)S(=O)(=O)c3ccc(C)cc3)cc2)cc1OC. The van der Waals surface area contributed by atoms with Crippen LogP contribution in [-0.2, 0) is 27.9 Å². The molecule has 9 heteroatoms. The molecule has 0 aliphatic heterocycles. The monoisotopic (exact) mass is 560 g/mol. The third-order valence-corrected chi connectivity index (χ3v) is 8.00. The minimum atomic E-state index is -3.84. The summed E-state index contributed by atoms with van der Waals surface area (Å²) < 4.78 is 44.8. The maximum Gasteiger partial charge on any atom is 0.264 e. The van der Waals surface area contributed by atoms with Crippen molar-refractivity contribution >= 4 is 21.6 Å². The summed E-state index contributed by atoms with van der Waals surface area (Å²) in [6.45, 7) is 2.18. The Bertz CT molecular complexity index is 1520. The van der Waals surface area contributed by atoms with E-state index in [0.717, 1.165) is 16.7 Å². The summed E-state index contributed by atoms with van der Waals surface area (Å²) in [4.78, 5) is 12.6. The molecule has 8 nitrogen and oxygen atoms in total. The van der Waals surface area contributed by atoms with E-state index in [1.165, 1.54) is 4.31 Å². The number of anilines is 1. The zero-order chi connectivity index (χ0) is 28.5. The minimum Gasteiger partial charge on any atom is -0.493 e. The molecule has 0 aliphatic rings. The predicted molar refractivity (Wildman–Crippen MR) is 154 cm³/mol. The average molecular weight is 561 g/mol. The van der Waals surface area contributed by atoms with E-state index in [9.17, 15) is 13.2 Å². The van der Waals surface area contributed by atoms with Gasteiger partial charge in [-0.3, -0.25) is 9.10 Å². The van der Waals surface area contributed by atoms with Crippen LogP contribution in [0.15, 0.2) is 102 Å². The Morgan fingerprint density at radius 3 is 2.12 bits per heavy atom. The summed E-state index contributed by atoms with van der Waals surface area (Å²) >= 11 is 0. The Labute approximate surface area is 235 Å². The first-order valence-corrected chi connectivity index (χ1v) is 14.1. The van der Waals surface area contributed by atoms with E-state index in [-0.39, 0.29) is 24.0 Å². The van der Waals surface area contributed by atoms with Gasteiger partial charge in [-0.1, -0.05) is 54.1 Å². The van der Waals surface area contributed by atoms with Crippen molar-refractivity contribution in [2.24, 2.45) is 0 Å². The Kier molecular flexibility index (Phi) is 9.29. The normalized spacial score (nSPS) is 11.0. The van der Waals surface area contributed by atoms with Gasteiger partial charge in [0.2, 0.25) is 0 Å². The first-order valence-electron chi connectivity index (χ1n) is 12.6. The van der Waals surface area contributed by atoms with Crippen molar-refractivity contribution < 1.29 is 27.4 Å². The number of hydrogen-bond donors (Lipinski definition) is 1. The van der Waals surface area contributed by atoms with Crippen LogP contribution in [0, 0.1) is 6.92 Å². The number of hydrogen-bond acceptors (Lipinski definition) is 6. The number of amides is 1. The second-order valence-corrected chi connectivity index (χ2v) is 10.9. The molecule has 4 rings (SSSR count). The van der Waals surface area contributed by atoms with Gasteiger partial charge in [0.05, 0.1) is 31.3 Å². The molecule has 0 heterocycles. The van der Waals surface area contributed by atoms with Gasteiger partial charge in [0.15, 0.2) is 18.1 Å². The summed E-state index contributed by atoms with van der Waals surface area (Å²) in [5.41, 5.74) is 3.16. The van der Waals surface area contributed by atoms with Gasteiger partial charge in [-0.15, -0.1) is 0 Å².